The normalized spacial score (nSPS) is 18.4. The third-order valence-corrected chi connectivity index (χ3v) is 4.17. The van der Waals surface area contributed by atoms with Gasteiger partial charge >= 0.3 is 0 Å². The van der Waals surface area contributed by atoms with Crippen LogP contribution in [0.15, 0.2) is 24.3 Å². The van der Waals surface area contributed by atoms with Crippen LogP contribution in [0.2, 0.25) is 0 Å². The van der Waals surface area contributed by atoms with E-state index in [-0.39, 0.29) is 11.8 Å². The van der Waals surface area contributed by atoms with E-state index in [1.54, 1.807) is 0 Å². The molecule has 104 valence electrons. The third kappa shape index (κ3) is 2.98. The van der Waals surface area contributed by atoms with Crippen LogP contribution >= 0.6 is 0 Å². The molecule has 19 heavy (non-hydrogen) atoms. The fourth-order valence-electron chi connectivity index (χ4n) is 2.60. The van der Waals surface area contributed by atoms with Crippen molar-refractivity contribution >= 4 is 11.6 Å². The zero-order valence-electron chi connectivity index (χ0n) is 11.9. The van der Waals surface area contributed by atoms with E-state index < -0.39 is 6.04 Å². The minimum atomic E-state index is -0.392. The van der Waals surface area contributed by atoms with Crippen molar-refractivity contribution < 1.29 is 4.79 Å². The van der Waals surface area contributed by atoms with Gasteiger partial charge in [-0.3, -0.25) is 4.79 Å². The van der Waals surface area contributed by atoms with Gasteiger partial charge in [-0.1, -0.05) is 38.5 Å². The molecule has 3 nitrogen and oxygen atoms in total. The minimum absolute atomic E-state index is 0.0729. The topological polar surface area (TPSA) is 46.3 Å². The van der Waals surface area contributed by atoms with E-state index >= 15 is 0 Å². The first-order valence-electron chi connectivity index (χ1n) is 7.30. The molecule has 0 bridgehead atoms. The van der Waals surface area contributed by atoms with Crippen molar-refractivity contribution in [1.82, 2.24) is 0 Å². The lowest BCUT2D eigenvalue weighted by Crippen LogP contribution is -2.47. The summed E-state index contributed by atoms with van der Waals surface area (Å²) in [5.74, 6) is 0.298. The molecular formula is C16H24N2O. The van der Waals surface area contributed by atoms with E-state index in [9.17, 15) is 4.79 Å². The highest BCUT2D eigenvalue weighted by atomic mass is 16.2. The lowest BCUT2D eigenvalue weighted by atomic mass is 9.98. The molecule has 1 aliphatic rings. The molecule has 0 radical (unpaired) electrons. The van der Waals surface area contributed by atoms with Crippen LogP contribution in [0, 0.1) is 5.92 Å². The molecular weight excluding hydrogens is 236 g/mol. The molecule has 1 aromatic rings. The summed E-state index contributed by atoms with van der Waals surface area (Å²) in [5.41, 5.74) is 8.45. The lowest BCUT2D eigenvalue weighted by Gasteiger charge is -2.28. The molecule has 0 aromatic heterocycles. The number of amides is 1. The molecule has 2 unspecified atom stereocenters. The van der Waals surface area contributed by atoms with Crippen molar-refractivity contribution in [2.75, 3.05) is 11.4 Å². The van der Waals surface area contributed by atoms with Gasteiger partial charge in [-0.15, -0.1) is 0 Å². The quantitative estimate of drug-likeness (QED) is 0.908. The summed E-state index contributed by atoms with van der Waals surface area (Å²) in [6, 6.07) is 7.81. The van der Waals surface area contributed by atoms with E-state index in [2.05, 4.69) is 13.0 Å². The average Bonchev–Trinajstić information content (AvgIpc) is 2.67. The number of fused-ring (bicyclic) bond motifs is 1. The molecule has 1 aromatic carbocycles. The molecule has 2 N–H and O–H groups in total. The van der Waals surface area contributed by atoms with Gasteiger partial charge in [0, 0.05) is 12.2 Å². The third-order valence-electron chi connectivity index (χ3n) is 4.17. The maximum atomic E-state index is 12.6. The molecule has 0 saturated heterocycles. The van der Waals surface area contributed by atoms with Gasteiger partial charge in [-0.2, -0.15) is 0 Å². The highest BCUT2D eigenvalue weighted by Crippen LogP contribution is 2.27. The second kappa shape index (κ2) is 6.20. The average molecular weight is 260 g/mol. The Bertz CT molecular complexity index is 444. The predicted molar refractivity (Wildman–Crippen MR) is 79.2 cm³/mol. The van der Waals surface area contributed by atoms with Crippen molar-refractivity contribution in [2.45, 2.75) is 45.6 Å². The summed E-state index contributed by atoms with van der Waals surface area (Å²) in [7, 11) is 0. The van der Waals surface area contributed by atoms with Crippen LogP contribution in [0.1, 0.15) is 38.7 Å². The van der Waals surface area contributed by atoms with Gasteiger partial charge in [0.1, 0.15) is 0 Å². The molecule has 0 fully saturated rings. The zero-order valence-corrected chi connectivity index (χ0v) is 11.9. The largest absolute Gasteiger partial charge is 0.320 e. The van der Waals surface area contributed by atoms with Crippen LogP contribution in [-0.2, 0) is 11.2 Å². The van der Waals surface area contributed by atoms with Crippen LogP contribution in [0.25, 0.3) is 0 Å². The number of carbonyl (C=O) groups excluding carboxylic acids is 1. The van der Waals surface area contributed by atoms with Gasteiger partial charge in [0.05, 0.1) is 6.04 Å². The second-order valence-electron chi connectivity index (χ2n) is 5.49. The zero-order chi connectivity index (χ0) is 13.8. The number of hydrogen-bond donors (Lipinski definition) is 1. The number of nitrogens with zero attached hydrogens (tertiary/aromatic N) is 1. The van der Waals surface area contributed by atoms with Gasteiger partial charge in [0.15, 0.2) is 0 Å². The first-order chi connectivity index (χ1) is 9.15. The van der Waals surface area contributed by atoms with Crippen LogP contribution < -0.4 is 10.6 Å². The maximum Gasteiger partial charge on any atom is 0.244 e. The van der Waals surface area contributed by atoms with Crippen LogP contribution in [0.4, 0.5) is 5.69 Å². The monoisotopic (exact) mass is 260 g/mol. The number of hydrogen-bond acceptors (Lipinski definition) is 2. The summed E-state index contributed by atoms with van der Waals surface area (Å²) in [6.45, 7) is 4.92. The standard InChI is InChI=1S/C16H24N2O/c1-3-12(2)15(17)16(19)18-11-7-6-9-13-8-4-5-10-14(13)18/h4-5,8,10,12,15H,3,6-7,9,11,17H2,1-2H3. The number of aryl methyl sites for hydroxylation is 1. The Hall–Kier alpha value is -1.35. The van der Waals surface area contributed by atoms with Crippen molar-refractivity contribution in [3.8, 4) is 0 Å². The molecule has 0 spiro atoms. The van der Waals surface area contributed by atoms with E-state index in [0.717, 1.165) is 37.9 Å². The molecule has 2 rings (SSSR count). The maximum absolute atomic E-state index is 12.6. The smallest absolute Gasteiger partial charge is 0.244 e. The summed E-state index contributed by atoms with van der Waals surface area (Å²) in [5, 5.41) is 0. The molecule has 0 aliphatic carbocycles. The number of benzene rings is 1. The van der Waals surface area contributed by atoms with Gasteiger partial charge in [0.25, 0.3) is 0 Å². The number of nitrogens with two attached hydrogens (primary N) is 1. The van der Waals surface area contributed by atoms with Crippen LogP contribution in [0.3, 0.4) is 0 Å². The summed E-state index contributed by atoms with van der Waals surface area (Å²) in [4.78, 5) is 14.5. The number of rotatable bonds is 3. The molecule has 1 aliphatic heterocycles. The molecule has 1 heterocycles. The molecule has 2 atom stereocenters. The van der Waals surface area contributed by atoms with Gasteiger partial charge in [-0.05, 0) is 36.8 Å². The molecule has 1 amide bonds. The highest BCUT2D eigenvalue weighted by Gasteiger charge is 2.27. The van der Waals surface area contributed by atoms with Crippen LogP contribution in [0.5, 0.6) is 0 Å². The van der Waals surface area contributed by atoms with Gasteiger partial charge < -0.3 is 10.6 Å². The number of para-hydroxylation sites is 1. The van der Waals surface area contributed by atoms with Crippen molar-refractivity contribution in [1.29, 1.82) is 0 Å². The minimum Gasteiger partial charge on any atom is -0.320 e. The summed E-state index contributed by atoms with van der Waals surface area (Å²) in [6.07, 6.45) is 4.17. The van der Waals surface area contributed by atoms with E-state index in [4.69, 9.17) is 5.73 Å². The summed E-state index contributed by atoms with van der Waals surface area (Å²) >= 11 is 0. The summed E-state index contributed by atoms with van der Waals surface area (Å²) < 4.78 is 0. The molecule has 3 heteroatoms. The Morgan fingerprint density at radius 2 is 2.11 bits per heavy atom. The SMILES string of the molecule is CCC(C)C(N)C(=O)N1CCCCc2ccccc21. The Kier molecular flexibility index (Phi) is 4.59. The second-order valence-corrected chi connectivity index (χ2v) is 5.49. The van der Waals surface area contributed by atoms with Gasteiger partial charge in [0.2, 0.25) is 5.91 Å². The Morgan fingerprint density at radius 3 is 2.84 bits per heavy atom. The van der Waals surface area contributed by atoms with E-state index in [0.29, 0.717) is 0 Å². The fourth-order valence-corrected chi connectivity index (χ4v) is 2.60. The van der Waals surface area contributed by atoms with E-state index in [1.165, 1.54) is 5.56 Å². The number of carbonyl (C=O) groups is 1. The molecule has 0 saturated carbocycles. The van der Waals surface area contributed by atoms with Crippen molar-refractivity contribution in [3.63, 3.8) is 0 Å². The fraction of sp³-hybridized carbons (Fsp3) is 0.562. The lowest BCUT2D eigenvalue weighted by molar-refractivity contribution is -0.120. The first kappa shape index (κ1) is 14.1. The van der Waals surface area contributed by atoms with Crippen molar-refractivity contribution in [2.24, 2.45) is 11.7 Å². The number of anilines is 1. The van der Waals surface area contributed by atoms with Crippen LogP contribution in [-0.4, -0.2) is 18.5 Å². The highest BCUT2D eigenvalue weighted by molar-refractivity contribution is 5.98. The first-order valence-corrected chi connectivity index (χ1v) is 7.30. The Labute approximate surface area is 115 Å². The Balaban J connectivity index is 2.26. The van der Waals surface area contributed by atoms with E-state index in [1.807, 2.05) is 30.0 Å². The Morgan fingerprint density at radius 1 is 1.37 bits per heavy atom. The van der Waals surface area contributed by atoms with Gasteiger partial charge in [-0.25, -0.2) is 0 Å². The predicted octanol–water partition coefficient (Wildman–Crippen LogP) is 2.73. The van der Waals surface area contributed by atoms with Crippen molar-refractivity contribution in [3.05, 3.63) is 29.8 Å².